The quantitative estimate of drug-likeness (QED) is 0.786. The number of nitrogens with zero attached hydrogens (tertiary/aromatic N) is 5. The zero-order chi connectivity index (χ0) is 18.3. The largest absolute Gasteiger partial charge is 0.462 e. The lowest BCUT2D eigenvalue weighted by molar-refractivity contribution is -0.145. The number of aromatic nitrogens is 2. The minimum Gasteiger partial charge on any atom is -0.462 e. The van der Waals surface area contributed by atoms with Gasteiger partial charge in [-0.1, -0.05) is 18.2 Å². The second kappa shape index (κ2) is 6.29. The second-order valence-electron chi connectivity index (χ2n) is 6.39. The van der Waals surface area contributed by atoms with Crippen LogP contribution in [0.15, 0.2) is 41.5 Å². The highest BCUT2D eigenvalue weighted by molar-refractivity contribution is 6.20. The van der Waals surface area contributed by atoms with Crippen LogP contribution >= 0.6 is 0 Å². The number of carbonyl (C=O) groups excluding carboxylic acids is 2. The monoisotopic (exact) mass is 353 g/mol. The summed E-state index contributed by atoms with van der Waals surface area (Å²) in [6.07, 6.45) is 1.44. The van der Waals surface area contributed by atoms with Gasteiger partial charge in [-0.25, -0.2) is 9.48 Å². The van der Waals surface area contributed by atoms with Crippen LogP contribution in [0.1, 0.15) is 19.4 Å². The summed E-state index contributed by atoms with van der Waals surface area (Å²) in [5.41, 5.74) is 1.54. The Bertz CT molecular complexity index is 887. The minimum absolute atomic E-state index is 0.174. The lowest BCUT2D eigenvalue weighted by Gasteiger charge is -2.33. The van der Waals surface area contributed by atoms with E-state index >= 15 is 0 Å². The molecule has 4 rings (SSSR count). The predicted octanol–water partition coefficient (Wildman–Crippen LogP) is 1.83. The number of fused-ring (bicyclic) bond motifs is 3. The van der Waals surface area contributed by atoms with Crippen molar-refractivity contribution >= 4 is 23.7 Å². The maximum atomic E-state index is 13.0. The molecule has 2 amide bonds. The molecule has 2 aliphatic heterocycles. The van der Waals surface area contributed by atoms with E-state index in [1.54, 1.807) is 29.6 Å². The zero-order valence-electron chi connectivity index (χ0n) is 14.6. The van der Waals surface area contributed by atoms with E-state index in [2.05, 4.69) is 10.1 Å². The van der Waals surface area contributed by atoms with E-state index in [9.17, 15) is 9.59 Å². The van der Waals surface area contributed by atoms with Crippen LogP contribution in [0.3, 0.4) is 0 Å². The van der Waals surface area contributed by atoms with Crippen molar-refractivity contribution in [1.29, 1.82) is 0 Å². The lowest BCUT2D eigenvalue weighted by atomic mass is 10.2. The van der Waals surface area contributed by atoms with E-state index in [-0.39, 0.29) is 18.7 Å². The Morgan fingerprint density at radius 1 is 1.27 bits per heavy atom. The van der Waals surface area contributed by atoms with Crippen molar-refractivity contribution in [2.24, 2.45) is 4.99 Å². The Morgan fingerprint density at radius 2 is 2.04 bits per heavy atom. The number of urea groups is 1. The Kier molecular flexibility index (Phi) is 3.95. The molecule has 8 nitrogen and oxygen atoms in total. The van der Waals surface area contributed by atoms with Crippen LogP contribution in [0.2, 0.25) is 0 Å². The van der Waals surface area contributed by atoms with Gasteiger partial charge in [0, 0.05) is 6.54 Å². The number of hydrogen-bond acceptors (Lipinski definition) is 5. The van der Waals surface area contributed by atoms with Crippen LogP contribution in [0.4, 0.5) is 10.6 Å². The first-order valence-corrected chi connectivity index (χ1v) is 8.53. The summed E-state index contributed by atoms with van der Waals surface area (Å²) in [6.45, 7) is 4.43. The fourth-order valence-corrected chi connectivity index (χ4v) is 3.19. The molecule has 8 heteroatoms. The van der Waals surface area contributed by atoms with Gasteiger partial charge >= 0.3 is 12.0 Å². The Hall–Kier alpha value is -3.16. The van der Waals surface area contributed by atoms with Gasteiger partial charge in [0.15, 0.2) is 5.82 Å². The molecule has 0 N–H and O–H groups in total. The van der Waals surface area contributed by atoms with E-state index in [0.29, 0.717) is 24.7 Å². The van der Waals surface area contributed by atoms with Gasteiger partial charge in [-0.15, -0.1) is 0 Å². The number of hydrogen-bond donors (Lipinski definition) is 0. The van der Waals surface area contributed by atoms with Crippen molar-refractivity contribution < 1.29 is 14.3 Å². The van der Waals surface area contributed by atoms with Gasteiger partial charge in [0.05, 0.1) is 30.1 Å². The first kappa shape index (κ1) is 16.3. The first-order chi connectivity index (χ1) is 12.6. The first-order valence-electron chi connectivity index (χ1n) is 8.53. The molecular weight excluding hydrogens is 334 g/mol. The molecule has 0 atom stereocenters. The predicted molar refractivity (Wildman–Crippen MR) is 95.6 cm³/mol. The van der Waals surface area contributed by atoms with Gasteiger partial charge < -0.3 is 4.74 Å². The van der Waals surface area contributed by atoms with Gasteiger partial charge in [0.2, 0.25) is 0 Å². The summed E-state index contributed by atoms with van der Waals surface area (Å²) in [6, 6.07) is 9.20. The third kappa shape index (κ3) is 2.63. The fraction of sp³-hybridized carbons (Fsp3) is 0.333. The summed E-state index contributed by atoms with van der Waals surface area (Å²) in [5, 5.41) is 4.44. The number of ether oxygens (including phenoxy) is 1. The fourth-order valence-electron chi connectivity index (χ4n) is 3.19. The molecule has 2 aliphatic rings. The number of esters is 1. The lowest BCUT2D eigenvalue weighted by Crippen LogP contribution is -2.52. The van der Waals surface area contributed by atoms with Crippen molar-refractivity contribution in [1.82, 2.24) is 14.7 Å². The maximum Gasteiger partial charge on any atom is 0.331 e. The van der Waals surface area contributed by atoms with Crippen LogP contribution in [0.25, 0.3) is 5.69 Å². The molecule has 26 heavy (non-hydrogen) atoms. The minimum atomic E-state index is -0.459. The third-order valence-corrected chi connectivity index (χ3v) is 4.20. The Morgan fingerprint density at radius 3 is 2.77 bits per heavy atom. The van der Waals surface area contributed by atoms with Crippen LogP contribution < -0.4 is 4.90 Å². The van der Waals surface area contributed by atoms with Crippen molar-refractivity contribution in [2.75, 3.05) is 24.5 Å². The average molecular weight is 353 g/mol. The second-order valence-corrected chi connectivity index (χ2v) is 6.39. The highest BCUT2D eigenvalue weighted by atomic mass is 16.5. The summed E-state index contributed by atoms with van der Waals surface area (Å²) >= 11 is 0. The van der Waals surface area contributed by atoms with Gasteiger partial charge in [-0.05, 0) is 26.0 Å². The van der Waals surface area contributed by atoms with Crippen molar-refractivity contribution in [2.45, 2.75) is 20.0 Å². The normalized spacial score (nSPS) is 15.8. The number of para-hydroxylation sites is 1. The van der Waals surface area contributed by atoms with Crippen molar-refractivity contribution in [3.05, 3.63) is 42.1 Å². The summed E-state index contributed by atoms with van der Waals surface area (Å²) in [5.74, 6) is 0.694. The number of carbonyl (C=O) groups is 2. The molecule has 1 aromatic carbocycles. The highest BCUT2D eigenvalue weighted by Gasteiger charge is 2.41. The molecule has 0 spiro atoms. The molecule has 0 saturated carbocycles. The van der Waals surface area contributed by atoms with E-state index in [1.165, 1.54) is 4.90 Å². The molecule has 0 unspecified atom stereocenters. The van der Waals surface area contributed by atoms with Crippen molar-refractivity contribution in [3.8, 4) is 5.69 Å². The van der Waals surface area contributed by atoms with Crippen LogP contribution in [0, 0.1) is 0 Å². The van der Waals surface area contributed by atoms with Crippen molar-refractivity contribution in [3.63, 3.8) is 0 Å². The average Bonchev–Trinajstić information content (AvgIpc) is 3.25. The number of anilines is 1. The Labute approximate surface area is 150 Å². The van der Waals surface area contributed by atoms with Gasteiger partial charge in [0.25, 0.3) is 0 Å². The summed E-state index contributed by atoms with van der Waals surface area (Å²) in [7, 11) is 0. The van der Waals surface area contributed by atoms with Gasteiger partial charge in [-0.3, -0.25) is 19.6 Å². The van der Waals surface area contributed by atoms with E-state index in [4.69, 9.17) is 4.74 Å². The standard InChI is InChI=1S/C18H19N5O3/c1-12(2)26-15(24)11-22-17-14(16-19-8-9-21(16)18(22)25)10-20-23(17)13-6-4-3-5-7-13/h3-7,10,12H,8-9,11H2,1-2H3. The number of amidine groups is 1. The molecule has 0 radical (unpaired) electrons. The van der Waals surface area contributed by atoms with Crippen LogP contribution in [-0.2, 0) is 9.53 Å². The van der Waals surface area contributed by atoms with Crippen LogP contribution in [-0.4, -0.2) is 58.3 Å². The Balaban J connectivity index is 1.80. The SMILES string of the molecule is CC(C)OC(=O)CN1C(=O)N2CCN=C2c2cnn(-c3ccccc3)c21. The van der Waals surface area contributed by atoms with E-state index in [1.807, 2.05) is 30.3 Å². The van der Waals surface area contributed by atoms with Crippen LogP contribution in [0.5, 0.6) is 0 Å². The molecule has 3 heterocycles. The molecule has 0 aliphatic carbocycles. The number of benzene rings is 1. The van der Waals surface area contributed by atoms with E-state index in [0.717, 1.165) is 11.3 Å². The summed E-state index contributed by atoms with van der Waals surface area (Å²) < 4.78 is 6.90. The molecular formula is C18H19N5O3. The summed E-state index contributed by atoms with van der Waals surface area (Å²) in [4.78, 5) is 32.7. The molecule has 0 saturated heterocycles. The molecule has 134 valence electrons. The zero-order valence-corrected chi connectivity index (χ0v) is 14.6. The molecule has 1 aromatic heterocycles. The molecule has 0 fully saturated rings. The third-order valence-electron chi connectivity index (χ3n) is 4.20. The number of amides is 2. The maximum absolute atomic E-state index is 13.0. The number of aliphatic imine (C=N–C) groups is 1. The molecule has 2 aromatic rings. The number of rotatable bonds is 4. The topological polar surface area (TPSA) is 80.0 Å². The van der Waals surface area contributed by atoms with Gasteiger partial charge in [0.1, 0.15) is 12.4 Å². The molecule has 0 bridgehead atoms. The van der Waals surface area contributed by atoms with Gasteiger partial charge in [-0.2, -0.15) is 5.10 Å². The smallest absolute Gasteiger partial charge is 0.331 e. The highest BCUT2D eigenvalue weighted by Crippen LogP contribution is 2.32. The van der Waals surface area contributed by atoms with E-state index < -0.39 is 5.97 Å².